The van der Waals surface area contributed by atoms with Crippen LogP contribution in [0.2, 0.25) is 10.0 Å². The zero-order chi connectivity index (χ0) is 13.1. The number of amides is 1. The molecule has 0 N–H and O–H groups in total. The first kappa shape index (κ1) is 14.1. The summed E-state index contributed by atoms with van der Waals surface area (Å²) in [6, 6.07) is 4.94. The van der Waals surface area contributed by atoms with Crippen LogP contribution in [0.15, 0.2) is 18.2 Å². The molecule has 18 heavy (non-hydrogen) atoms. The zero-order valence-electron chi connectivity index (χ0n) is 9.54. The minimum absolute atomic E-state index is 0.0290. The highest BCUT2D eigenvalue weighted by Crippen LogP contribution is 2.24. The fourth-order valence-electron chi connectivity index (χ4n) is 1.87. The van der Waals surface area contributed by atoms with Crippen LogP contribution in [0, 0.1) is 0 Å². The number of morpholine rings is 1. The summed E-state index contributed by atoms with van der Waals surface area (Å²) in [6.45, 7) is 1.65. The second-order valence-electron chi connectivity index (χ2n) is 4.01. The highest BCUT2D eigenvalue weighted by atomic mass is 79.9. The van der Waals surface area contributed by atoms with Crippen LogP contribution in [0.4, 0.5) is 0 Å². The van der Waals surface area contributed by atoms with Crippen molar-refractivity contribution in [1.82, 2.24) is 4.90 Å². The van der Waals surface area contributed by atoms with Crippen LogP contribution < -0.4 is 0 Å². The van der Waals surface area contributed by atoms with Gasteiger partial charge in [0.2, 0.25) is 0 Å². The molecule has 1 fully saturated rings. The quantitative estimate of drug-likeness (QED) is 0.765. The zero-order valence-corrected chi connectivity index (χ0v) is 12.6. The fraction of sp³-hybridized carbons (Fsp3) is 0.417. The summed E-state index contributed by atoms with van der Waals surface area (Å²) in [5.74, 6) is -0.102. The van der Waals surface area contributed by atoms with Gasteiger partial charge in [0, 0.05) is 16.9 Å². The minimum atomic E-state index is -0.102. The number of alkyl halides is 1. The van der Waals surface area contributed by atoms with E-state index in [4.69, 9.17) is 27.9 Å². The first-order chi connectivity index (χ1) is 8.63. The number of nitrogens with zero attached hydrogens (tertiary/aromatic N) is 1. The third-order valence-electron chi connectivity index (χ3n) is 2.83. The molecule has 1 amide bonds. The molecule has 1 saturated heterocycles. The Kier molecular flexibility index (Phi) is 4.90. The third-order valence-corrected chi connectivity index (χ3v) is 4.14. The van der Waals surface area contributed by atoms with E-state index >= 15 is 0 Å². The number of benzene rings is 1. The van der Waals surface area contributed by atoms with Crippen molar-refractivity contribution in [2.45, 2.75) is 6.04 Å². The van der Waals surface area contributed by atoms with Gasteiger partial charge in [0.25, 0.3) is 5.91 Å². The van der Waals surface area contributed by atoms with E-state index in [1.165, 1.54) is 0 Å². The summed E-state index contributed by atoms with van der Waals surface area (Å²) in [4.78, 5) is 14.2. The highest BCUT2D eigenvalue weighted by Gasteiger charge is 2.28. The van der Waals surface area contributed by atoms with Crippen LogP contribution in [-0.4, -0.2) is 41.9 Å². The van der Waals surface area contributed by atoms with Crippen LogP contribution in [0.25, 0.3) is 0 Å². The number of carbonyl (C=O) groups is 1. The van der Waals surface area contributed by atoms with Crippen LogP contribution in [-0.2, 0) is 4.74 Å². The Hall–Kier alpha value is -0.290. The predicted molar refractivity (Wildman–Crippen MR) is 75.9 cm³/mol. The first-order valence-electron chi connectivity index (χ1n) is 5.53. The lowest BCUT2D eigenvalue weighted by molar-refractivity contribution is 0.00526. The molecule has 1 atom stereocenters. The summed E-state index contributed by atoms with van der Waals surface area (Å²) in [5, 5.41) is 1.60. The number of carbonyl (C=O) groups excluding carboxylic acids is 1. The molecule has 1 aromatic rings. The maximum atomic E-state index is 12.4. The Morgan fingerprint density at radius 3 is 3.00 bits per heavy atom. The van der Waals surface area contributed by atoms with Crippen molar-refractivity contribution in [3.05, 3.63) is 33.8 Å². The summed E-state index contributed by atoms with van der Waals surface area (Å²) in [7, 11) is 0. The minimum Gasteiger partial charge on any atom is -0.377 e. The summed E-state index contributed by atoms with van der Waals surface area (Å²) in [5.41, 5.74) is 0.442. The van der Waals surface area contributed by atoms with Crippen molar-refractivity contribution >= 4 is 45.0 Å². The van der Waals surface area contributed by atoms with Gasteiger partial charge in [-0.15, -0.1) is 0 Å². The standard InChI is InChI=1S/C12H12BrCl2NO2/c13-6-9-7-18-4-3-16(9)12(17)10-5-8(14)1-2-11(10)15/h1-2,5,9H,3-4,6-7H2. The van der Waals surface area contributed by atoms with Crippen molar-refractivity contribution in [2.75, 3.05) is 25.1 Å². The van der Waals surface area contributed by atoms with Gasteiger partial charge in [-0.1, -0.05) is 39.1 Å². The van der Waals surface area contributed by atoms with E-state index < -0.39 is 0 Å². The van der Waals surface area contributed by atoms with Crippen molar-refractivity contribution < 1.29 is 9.53 Å². The Balaban J connectivity index is 2.26. The Morgan fingerprint density at radius 1 is 1.50 bits per heavy atom. The topological polar surface area (TPSA) is 29.5 Å². The molecule has 3 nitrogen and oxygen atoms in total. The molecule has 0 saturated carbocycles. The summed E-state index contributed by atoms with van der Waals surface area (Å²) >= 11 is 15.4. The largest absolute Gasteiger partial charge is 0.377 e. The molecule has 6 heteroatoms. The average Bonchev–Trinajstić information content (AvgIpc) is 2.40. The Labute approximate surface area is 124 Å². The smallest absolute Gasteiger partial charge is 0.255 e. The maximum Gasteiger partial charge on any atom is 0.255 e. The number of ether oxygens (including phenoxy) is 1. The van der Waals surface area contributed by atoms with Gasteiger partial charge in [-0.2, -0.15) is 0 Å². The van der Waals surface area contributed by atoms with Gasteiger partial charge in [-0.25, -0.2) is 0 Å². The van der Waals surface area contributed by atoms with Gasteiger partial charge in [0.15, 0.2) is 0 Å². The molecule has 0 aliphatic carbocycles. The normalized spacial score (nSPS) is 19.9. The maximum absolute atomic E-state index is 12.4. The highest BCUT2D eigenvalue weighted by molar-refractivity contribution is 9.09. The monoisotopic (exact) mass is 351 g/mol. The van der Waals surface area contributed by atoms with Crippen LogP contribution in [0.5, 0.6) is 0 Å². The van der Waals surface area contributed by atoms with Crippen molar-refractivity contribution in [1.29, 1.82) is 0 Å². The van der Waals surface area contributed by atoms with Crippen LogP contribution >= 0.6 is 39.1 Å². The van der Waals surface area contributed by atoms with Crippen molar-refractivity contribution in [2.24, 2.45) is 0 Å². The molecule has 1 heterocycles. The number of hydrogen-bond acceptors (Lipinski definition) is 2. The summed E-state index contributed by atoms with van der Waals surface area (Å²) in [6.07, 6.45) is 0. The second-order valence-corrected chi connectivity index (χ2v) is 5.50. The first-order valence-corrected chi connectivity index (χ1v) is 7.41. The van der Waals surface area contributed by atoms with Crippen LogP contribution in [0.1, 0.15) is 10.4 Å². The van der Waals surface area contributed by atoms with Gasteiger partial charge >= 0.3 is 0 Å². The molecule has 0 spiro atoms. The lowest BCUT2D eigenvalue weighted by atomic mass is 10.1. The van der Waals surface area contributed by atoms with E-state index in [1.807, 2.05) is 0 Å². The second kappa shape index (κ2) is 6.24. The summed E-state index contributed by atoms with van der Waals surface area (Å²) < 4.78 is 5.36. The molecule has 1 aliphatic heterocycles. The lowest BCUT2D eigenvalue weighted by Crippen LogP contribution is -2.49. The molecule has 0 radical (unpaired) electrons. The number of rotatable bonds is 2. The molecular weight excluding hydrogens is 341 g/mol. The van der Waals surface area contributed by atoms with E-state index in [-0.39, 0.29) is 11.9 Å². The lowest BCUT2D eigenvalue weighted by Gasteiger charge is -2.34. The molecular formula is C12H12BrCl2NO2. The molecule has 98 valence electrons. The van der Waals surface area contributed by atoms with Gasteiger partial charge in [-0.05, 0) is 18.2 Å². The predicted octanol–water partition coefficient (Wildman–Crippen LogP) is 3.23. The van der Waals surface area contributed by atoms with Gasteiger partial charge < -0.3 is 9.64 Å². The average molecular weight is 353 g/mol. The number of halogens is 3. The van der Waals surface area contributed by atoms with Crippen LogP contribution in [0.3, 0.4) is 0 Å². The third kappa shape index (κ3) is 2.99. The molecule has 0 bridgehead atoms. The molecule has 1 aromatic carbocycles. The van der Waals surface area contributed by atoms with Crippen molar-refractivity contribution in [3.8, 4) is 0 Å². The van der Waals surface area contributed by atoms with E-state index in [0.717, 1.165) is 0 Å². The van der Waals surface area contributed by atoms with Gasteiger partial charge in [0.1, 0.15) is 0 Å². The molecule has 0 aromatic heterocycles. The molecule has 1 aliphatic rings. The van der Waals surface area contributed by atoms with E-state index in [0.29, 0.717) is 40.7 Å². The molecule has 2 rings (SSSR count). The van der Waals surface area contributed by atoms with E-state index in [9.17, 15) is 4.79 Å². The SMILES string of the molecule is O=C(c1cc(Cl)ccc1Cl)N1CCOCC1CBr. The Morgan fingerprint density at radius 2 is 2.28 bits per heavy atom. The van der Waals surface area contributed by atoms with Gasteiger partial charge in [0.05, 0.1) is 29.8 Å². The fourth-order valence-corrected chi connectivity index (χ4v) is 2.77. The Bertz CT molecular complexity index is 456. The number of hydrogen-bond donors (Lipinski definition) is 0. The van der Waals surface area contributed by atoms with E-state index in [1.54, 1.807) is 23.1 Å². The van der Waals surface area contributed by atoms with E-state index in [2.05, 4.69) is 15.9 Å². The van der Waals surface area contributed by atoms with Gasteiger partial charge in [-0.3, -0.25) is 4.79 Å². The molecule has 1 unspecified atom stereocenters. The van der Waals surface area contributed by atoms with Crippen molar-refractivity contribution in [3.63, 3.8) is 0 Å².